The van der Waals surface area contributed by atoms with Crippen molar-refractivity contribution >= 4 is 33.9 Å². The highest BCUT2D eigenvalue weighted by molar-refractivity contribution is 7.16. The molecule has 2 amide bonds. The van der Waals surface area contributed by atoms with Crippen LogP contribution in [0.15, 0.2) is 18.2 Å². The van der Waals surface area contributed by atoms with Crippen molar-refractivity contribution in [3.05, 3.63) is 39.8 Å². The molecule has 0 fully saturated rings. The molecule has 0 radical (unpaired) electrons. The quantitative estimate of drug-likeness (QED) is 0.491. The first-order chi connectivity index (χ1) is 13.2. The Kier molecular flexibility index (Phi) is 7.17. The molecular formula is C20H24N2O5S. The molecule has 3 N–H and O–H groups in total. The lowest BCUT2D eigenvalue weighted by Gasteiger charge is -2.11. The normalized spacial score (nSPS) is 10.4. The molecule has 28 heavy (non-hydrogen) atoms. The van der Waals surface area contributed by atoms with Crippen molar-refractivity contribution in [3.63, 3.8) is 0 Å². The lowest BCUT2D eigenvalue weighted by molar-refractivity contribution is -0.116. The number of ether oxygens (including phenoxy) is 2. The second-order valence-electron chi connectivity index (χ2n) is 6.27. The number of rotatable bonds is 9. The minimum atomic E-state index is -0.554. The number of benzene rings is 1. The predicted molar refractivity (Wildman–Crippen MR) is 109 cm³/mol. The Morgan fingerprint density at radius 3 is 2.50 bits per heavy atom. The van der Waals surface area contributed by atoms with Crippen LogP contribution >= 0.6 is 11.3 Å². The van der Waals surface area contributed by atoms with Crippen molar-refractivity contribution in [2.45, 2.75) is 33.6 Å². The minimum absolute atomic E-state index is 0.0594. The number of ketones is 1. The molecule has 1 heterocycles. The van der Waals surface area contributed by atoms with E-state index in [1.165, 1.54) is 25.4 Å². The van der Waals surface area contributed by atoms with Gasteiger partial charge in [-0.15, -0.1) is 11.3 Å². The van der Waals surface area contributed by atoms with E-state index in [0.717, 1.165) is 10.4 Å². The standard InChI is InChI=1S/C20H24N2O5S/c1-11-13(3)28-20(18(11)19(21)25)22-17(24)6-5-9-27-15-8-7-14(12(2)23)10-16(15)26-4/h7-8,10H,5-6,9H2,1-4H3,(H2,21,25)(H,22,24). The van der Waals surface area contributed by atoms with Gasteiger partial charge in [0.05, 0.1) is 19.3 Å². The van der Waals surface area contributed by atoms with Crippen molar-refractivity contribution in [3.8, 4) is 11.5 Å². The molecular weight excluding hydrogens is 380 g/mol. The molecule has 0 aliphatic rings. The van der Waals surface area contributed by atoms with E-state index in [0.29, 0.717) is 40.7 Å². The molecule has 0 saturated heterocycles. The molecule has 0 spiro atoms. The van der Waals surface area contributed by atoms with Gasteiger partial charge in [0.15, 0.2) is 17.3 Å². The third-order valence-corrected chi connectivity index (χ3v) is 5.38. The van der Waals surface area contributed by atoms with Crippen LogP contribution in [0.3, 0.4) is 0 Å². The van der Waals surface area contributed by atoms with Gasteiger partial charge in [-0.25, -0.2) is 0 Å². The number of nitrogens with two attached hydrogens (primary N) is 1. The highest BCUT2D eigenvalue weighted by atomic mass is 32.1. The summed E-state index contributed by atoms with van der Waals surface area (Å²) in [6.07, 6.45) is 0.695. The van der Waals surface area contributed by atoms with Crippen LogP contribution in [-0.4, -0.2) is 31.3 Å². The summed E-state index contributed by atoms with van der Waals surface area (Å²) in [5.41, 5.74) is 7.10. The number of primary amides is 1. The number of carbonyl (C=O) groups excluding carboxylic acids is 3. The van der Waals surface area contributed by atoms with E-state index in [9.17, 15) is 14.4 Å². The van der Waals surface area contributed by atoms with E-state index in [1.54, 1.807) is 25.1 Å². The Labute approximate surface area is 167 Å². The van der Waals surface area contributed by atoms with E-state index >= 15 is 0 Å². The number of thiophene rings is 1. The van der Waals surface area contributed by atoms with Gasteiger partial charge in [0, 0.05) is 16.9 Å². The van der Waals surface area contributed by atoms with Gasteiger partial charge in [-0.1, -0.05) is 0 Å². The van der Waals surface area contributed by atoms with Gasteiger partial charge in [-0.3, -0.25) is 14.4 Å². The van der Waals surface area contributed by atoms with Gasteiger partial charge in [0.1, 0.15) is 5.00 Å². The van der Waals surface area contributed by atoms with Crippen LogP contribution in [0.4, 0.5) is 5.00 Å². The average Bonchev–Trinajstić information content (AvgIpc) is 2.92. The van der Waals surface area contributed by atoms with Gasteiger partial charge in [0.25, 0.3) is 5.91 Å². The lowest BCUT2D eigenvalue weighted by atomic mass is 10.1. The number of carbonyl (C=O) groups is 3. The molecule has 7 nitrogen and oxygen atoms in total. The molecule has 1 aromatic carbocycles. The molecule has 0 saturated carbocycles. The highest BCUT2D eigenvalue weighted by Gasteiger charge is 2.18. The molecule has 0 atom stereocenters. The van der Waals surface area contributed by atoms with Crippen molar-refractivity contribution in [1.82, 2.24) is 0 Å². The summed E-state index contributed by atoms with van der Waals surface area (Å²) in [7, 11) is 1.50. The number of hydrogen-bond acceptors (Lipinski definition) is 6. The fourth-order valence-electron chi connectivity index (χ4n) is 2.62. The Bertz CT molecular complexity index is 904. The maximum atomic E-state index is 12.2. The fourth-order valence-corrected chi connectivity index (χ4v) is 3.70. The first-order valence-electron chi connectivity index (χ1n) is 8.76. The van der Waals surface area contributed by atoms with E-state index < -0.39 is 5.91 Å². The summed E-state index contributed by atoms with van der Waals surface area (Å²) in [6, 6.07) is 4.96. The van der Waals surface area contributed by atoms with Crippen LogP contribution in [0, 0.1) is 13.8 Å². The lowest BCUT2D eigenvalue weighted by Crippen LogP contribution is -2.17. The Hall–Kier alpha value is -2.87. The second-order valence-corrected chi connectivity index (χ2v) is 7.50. The van der Waals surface area contributed by atoms with Gasteiger partial charge >= 0.3 is 0 Å². The van der Waals surface area contributed by atoms with Gasteiger partial charge < -0.3 is 20.5 Å². The van der Waals surface area contributed by atoms with E-state index in [2.05, 4.69) is 5.32 Å². The second kappa shape index (κ2) is 9.36. The molecule has 2 aromatic rings. The number of methoxy groups -OCH3 is 1. The zero-order chi connectivity index (χ0) is 20.8. The third-order valence-electron chi connectivity index (χ3n) is 4.26. The Morgan fingerprint density at radius 2 is 1.89 bits per heavy atom. The van der Waals surface area contributed by atoms with Crippen LogP contribution in [-0.2, 0) is 4.79 Å². The largest absolute Gasteiger partial charge is 0.493 e. The molecule has 8 heteroatoms. The van der Waals surface area contributed by atoms with E-state index in [1.807, 2.05) is 6.92 Å². The predicted octanol–water partition coefficient (Wildman–Crippen LogP) is 3.47. The van der Waals surface area contributed by atoms with Crippen LogP contribution in [0.1, 0.15) is 50.9 Å². The summed E-state index contributed by atoms with van der Waals surface area (Å²) in [5, 5.41) is 3.24. The first kappa shape index (κ1) is 21.4. The van der Waals surface area contributed by atoms with Gasteiger partial charge in [-0.2, -0.15) is 0 Å². The smallest absolute Gasteiger partial charge is 0.251 e. The summed E-state index contributed by atoms with van der Waals surface area (Å²) in [4.78, 5) is 36.2. The number of amides is 2. The topological polar surface area (TPSA) is 108 Å². The van der Waals surface area contributed by atoms with Crippen molar-refractivity contribution in [2.24, 2.45) is 5.73 Å². The maximum Gasteiger partial charge on any atom is 0.251 e. The summed E-state index contributed by atoms with van der Waals surface area (Å²) >= 11 is 1.33. The highest BCUT2D eigenvalue weighted by Crippen LogP contribution is 2.32. The number of anilines is 1. The SMILES string of the molecule is COc1cc(C(C)=O)ccc1OCCCC(=O)Nc1sc(C)c(C)c1C(N)=O. The molecule has 150 valence electrons. The summed E-state index contributed by atoms with van der Waals surface area (Å²) < 4.78 is 10.9. The Morgan fingerprint density at radius 1 is 1.18 bits per heavy atom. The Balaban J connectivity index is 1.89. The van der Waals surface area contributed by atoms with Crippen LogP contribution < -0.4 is 20.5 Å². The maximum absolute atomic E-state index is 12.2. The molecule has 1 aromatic heterocycles. The monoisotopic (exact) mass is 404 g/mol. The number of aryl methyl sites for hydroxylation is 1. The van der Waals surface area contributed by atoms with Gasteiger partial charge in [-0.05, 0) is 51.0 Å². The zero-order valence-electron chi connectivity index (χ0n) is 16.4. The van der Waals surface area contributed by atoms with Crippen LogP contribution in [0.5, 0.6) is 11.5 Å². The van der Waals surface area contributed by atoms with Crippen LogP contribution in [0.2, 0.25) is 0 Å². The van der Waals surface area contributed by atoms with Gasteiger partial charge in [0.2, 0.25) is 5.91 Å². The first-order valence-corrected chi connectivity index (χ1v) is 9.57. The molecule has 2 rings (SSSR count). The van der Waals surface area contributed by atoms with Crippen molar-refractivity contribution < 1.29 is 23.9 Å². The van der Waals surface area contributed by atoms with E-state index in [4.69, 9.17) is 15.2 Å². The average molecular weight is 404 g/mol. The summed E-state index contributed by atoms with van der Waals surface area (Å²) in [5.74, 6) is 0.143. The molecule has 0 bridgehead atoms. The zero-order valence-corrected chi connectivity index (χ0v) is 17.2. The number of nitrogens with one attached hydrogen (secondary N) is 1. The third kappa shape index (κ3) is 5.10. The number of Topliss-reactive ketones (excluding diaryl/α,β-unsaturated/α-hetero) is 1. The molecule has 0 aliphatic carbocycles. The number of hydrogen-bond donors (Lipinski definition) is 2. The van der Waals surface area contributed by atoms with E-state index in [-0.39, 0.29) is 18.1 Å². The minimum Gasteiger partial charge on any atom is -0.493 e. The van der Waals surface area contributed by atoms with Crippen molar-refractivity contribution in [2.75, 3.05) is 19.0 Å². The molecule has 0 unspecified atom stereocenters. The van der Waals surface area contributed by atoms with Crippen LogP contribution in [0.25, 0.3) is 0 Å². The fraction of sp³-hybridized carbons (Fsp3) is 0.350. The summed E-state index contributed by atoms with van der Waals surface area (Å²) in [6.45, 7) is 5.46. The van der Waals surface area contributed by atoms with Crippen molar-refractivity contribution in [1.29, 1.82) is 0 Å². The molecule has 0 aliphatic heterocycles.